The fourth-order valence-corrected chi connectivity index (χ4v) is 4.35. The number of aryl methyl sites for hydroxylation is 2. The Kier molecular flexibility index (Phi) is 4.62. The molecule has 3 heterocycles. The summed E-state index contributed by atoms with van der Waals surface area (Å²) < 4.78 is 2.19. The number of aromatic nitrogens is 4. The van der Waals surface area contributed by atoms with Crippen LogP contribution in [0.15, 0.2) is 30.6 Å². The van der Waals surface area contributed by atoms with Gasteiger partial charge >= 0.3 is 0 Å². The number of rotatable bonds is 4. The van der Waals surface area contributed by atoms with E-state index in [1.54, 1.807) is 0 Å². The molecule has 4 rings (SSSR count). The van der Waals surface area contributed by atoms with Crippen molar-refractivity contribution in [3.8, 4) is 0 Å². The lowest BCUT2D eigenvalue weighted by molar-refractivity contribution is 0.473. The van der Waals surface area contributed by atoms with Gasteiger partial charge in [-0.05, 0) is 44.7 Å². The van der Waals surface area contributed by atoms with Gasteiger partial charge in [-0.25, -0.2) is 0 Å². The number of pyridine rings is 1. The van der Waals surface area contributed by atoms with Gasteiger partial charge in [-0.2, -0.15) is 0 Å². The second-order valence-corrected chi connectivity index (χ2v) is 7.16. The average Bonchev–Trinajstić information content (AvgIpc) is 3.16. The topological polar surface area (TPSA) is 46.8 Å². The molecule has 0 aliphatic carbocycles. The van der Waals surface area contributed by atoms with E-state index >= 15 is 0 Å². The summed E-state index contributed by atoms with van der Waals surface area (Å²) in [7, 11) is 0. The lowest BCUT2D eigenvalue weighted by Crippen LogP contribution is -2.36. The van der Waals surface area contributed by atoms with Crippen molar-refractivity contribution < 1.29 is 0 Å². The molecular weight excluding hydrogens is 322 g/mol. The SMILES string of the molecule is CCc1c(C)nc2ccccc2c1N1CCCC(c2nncn2CC)C1. The van der Waals surface area contributed by atoms with E-state index in [-0.39, 0.29) is 0 Å². The average molecular weight is 349 g/mol. The van der Waals surface area contributed by atoms with Gasteiger partial charge in [0.25, 0.3) is 0 Å². The molecule has 136 valence electrons. The summed E-state index contributed by atoms with van der Waals surface area (Å²) in [5.74, 6) is 1.56. The van der Waals surface area contributed by atoms with E-state index in [4.69, 9.17) is 4.98 Å². The Hall–Kier alpha value is -2.43. The number of hydrogen-bond donors (Lipinski definition) is 0. The minimum Gasteiger partial charge on any atom is -0.370 e. The van der Waals surface area contributed by atoms with Gasteiger partial charge in [0.15, 0.2) is 0 Å². The summed E-state index contributed by atoms with van der Waals surface area (Å²) in [5, 5.41) is 9.85. The predicted molar refractivity (Wildman–Crippen MR) is 106 cm³/mol. The van der Waals surface area contributed by atoms with Crippen molar-refractivity contribution in [2.24, 2.45) is 0 Å². The van der Waals surface area contributed by atoms with Gasteiger partial charge in [0.1, 0.15) is 12.2 Å². The van der Waals surface area contributed by atoms with Crippen LogP contribution in [-0.2, 0) is 13.0 Å². The van der Waals surface area contributed by atoms with Crippen LogP contribution < -0.4 is 4.90 Å². The number of benzene rings is 1. The highest BCUT2D eigenvalue weighted by Gasteiger charge is 2.27. The third-order valence-corrected chi connectivity index (χ3v) is 5.61. The number of para-hydroxylation sites is 1. The van der Waals surface area contributed by atoms with Crippen LogP contribution in [0.2, 0.25) is 0 Å². The molecule has 1 fully saturated rings. The molecule has 0 bridgehead atoms. The highest BCUT2D eigenvalue weighted by molar-refractivity contribution is 5.94. The lowest BCUT2D eigenvalue weighted by Gasteiger charge is -2.36. The Labute approximate surface area is 155 Å². The normalized spacial score (nSPS) is 17.8. The smallest absolute Gasteiger partial charge is 0.137 e. The summed E-state index contributed by atoms with van der Waals surface area (Å²) in [6.07, 6.45) is 5.22. The Balaban J connectivity index is 1.77. The number of anilines is 1. The molecule has 1 aliphatic rings. The molecule has 0 radical (unpaired) electrons. The minimum absolute atomic E-state index is 0.433. The quantitative estimate of drug-likeness (QED) is 0.711. The second kappa shape index (κ2) is 7.06. The zero-order valence-electron chi connectivity index (χ0n) is 15.9. The molecular formula is C21H27N5. The largest absolute Gasteiger partial charge is 0.370 e. The molecule has 5 heteroatoms. The van der Waals surface area contributed by atoms with Crippen molar-refractivity contribution in [2.45, 2.75) is 52.5 Å². The van der Waals surface area contributed by atoms with Crippen LogP contribution in [0.4, 0.5) is 5.69 Å². The van der Waals surface area contributed by atoms with Gasteiger partial charge in [-0.15, -0.1) is 10.2 Å². The van der Waals surface area contributed by atoms with Crippen molar-refractivity contribution in [1.82, 2.24) is 19.7 Å². The van der Waals surface area contributed by atoms with Crippen LogP contribution >= 0.6 is 0 Å². The summed E-state index contributed by atoms with van der Waals surface area (Å²) in [4.78, 5) is 7.41. The van der Waals surface area contributed by atoms with E-state index < -0.39 is 0 Å². The Morgan fingerprint density at radius 1 is 1.19 bits per heavy atom. The number of nitrogens with zero attached hydrogens (tertiary/aromatic N) is 5. The molecule has 0 N–H and O–H groups in total. The van der Waals surface area contributed by atoms with Crippen molar-refractivity contribution in [2.75, 3.05) is 18.0 Å². The molecule has 1 aromatic carbocycles. The van der Waals surface area contributed by atoms with Gasteiger partial charge in [0, 0.05) is 36.6 Å². The second-order valence-electron chi connectivity index (χ2n) is 7.16. The summed E-state index contributed by atoms with van der Waals surface area (Å²) in [5.41, 5.74) is 5.00. The van der Waals surface area contributed by atoms with Crippen molar-refractivity contribution in [3.05, 3.63) is 47.7 Å². The zero-order chi connectivity index (χ0) is 18.1. The minimum atomic E-state index is 0.433. The van der Waals surface area contributed by atoms with E-state index in [2.05, 4.69) is 64.7 Å². The molecule has 1 saturated heterocycles. The van der Waals surface area contributed by atoms with Crippen molar-refractivity contribution >= 4 is 16.6 Å². The summed E-state index contributed by atoms with van der Waals surface area (Å²) in [6.45, 7) is 9.55. The van der Waals surface area contributed by atoms with Gasteiger partial charge < -0.3 is 9.47 Å². The van der Waals surface area contributed by atoms with Crippen LogP contribution in [0, 0.1) is 6.92 Å². The van der Waals surface area contributed by atoms with E-state index in [9.17, 15) is 0 Å². The maximum absolute atomic E-state index is 4.85. The number of fused-ring (bicyclic) bond motifs is 1. The van der Waals surface area contributed by atoms with Crippen LogP contribution in [-0.4, -0.2) is 32.8 Å². The van der Waals surface area contributed by atoms with Gasteiger partial charge in [0.2, 0.25) is 0 Å². The summed E-state index contributed by atoms with van der Waals surface area (Å²) in [6, 6.07) is 8.54. The van der Waals surface area contributed by atoms with Crippen molar-refractivity contribution in [3.63, 3.8) is 0 Å². The molecule has 1 aliphatic heterocycles. The monoisotopic (exact) mass is 349 g/mol. The van der Waals surface area contributed by atoms with Crippen LogP contribution in [0.3, 0.4) is 0 Å². The van der Waals surface area contributed by atoms with Crippen molar-refractivity contribution in [1.29, 1.82) is 0 Å². The first-order valence-electron chi connectivity index (χ1n) is 9.73. The van der Waals surface area contributed by atoms with Gasteiger partial charge in [0.05, 0.1) is 11.2 Å². The van der Waals surface area contributed by atoms with E-state index in [0.717, 1.165) is 43.1 Å². The molecule has 0 saturated carbocycles. The Morgan fingerprint density at radius 3 is 2.85 bits per heavy atom. The molecule has 3 aromatic rings. The van der Waals surface area contributed by atoms with Crippen LogP contribution in [0.25, 0.3) is 10.9 Å². The third-order valence-electron chi connectivity index (χ3n) is 5.61. The predicted octanol–water partition coefficient (Wildman–Crippen LogP) is 4.10. The van der Waals surface area contributed by atoms with Crippen LogP contribution in [0.1, 0.15) is 49.7 Å². The molecule has 2 aromatic heterocycles. The highest BCUT2D eigenvalue weighted by Crippen LogP contribution is 2.36. The molecule has 26 heavy (non-hydrogen) atoms. The summed E-state index contributed by atoms with van der Waals surface area (Å²) >= 11 is 0. The van der Waals surface area contributed by atoms with Gasteiger partial charge in [-0.1, -0.05) is 25.1 Å². The fraction of sp³-hybridized carbons (Fsp3) is 0.476. The molecule has 1 unspecified atom stereocenters. The maximum atomic E-state index is 4.85. The number of hydrogen-bond acceptors (Lipinski definition) is 4. The zero-order valence-corrected chi connectivity index (χ0v) is 15.9. The highest BCUT2D eigenvalue weighted by atomic mass is 15.3. The Morgan fingerprint density at radius 2 is 2.04 bits per heavy atom. The Bertz CT molecular complexity index is 914. The van der Waals surface area contributed by atoms with E-state index in [0.29, 0.717) is 5.92 Å². The first-order chi connectivity index (χ1) is 12.7. The lowest BCUT2D eigenvalue weighted by atomic mass is 9.94. The standard InChI is InChI=1S/C21H27N5/c1-4-17-15(3)23-19-11-7-6-10-18(19)20(17)26-12-8-9-16(13-26)21-24-22-14-25(21)5-2/h6-7,10-11,14,16H,4-5,8-9,12-13H2,1-3H3. The fourth-order valence-electron chi connectivity index (χ4n) is 4.35. The maximum Gasteiger partial charge on any atom is 0.137 e. The third kappa shape index (κ3) is 2.85. The molecule has 0 amide bonds. The molecule has 5 nitrogen and oxygen atoms in total. The first-order valence-corrected chi connectivity index (χ1v) is 9.73. The van der Waals surface area contributed by atoms with E-state index in [1.807, 2.05) is 6.33 Å². The number of piperidine rings is 1. The molecule has 0 spiro atoms. The first kappa shape index (κ1) is 17.0. The van der Waals surface area contributed by atoms with Gasteiger partial charge in [-0.3, -0.25) is 4.98 Å². The molecule has 1 atom stereocenters. The van der Waals surface area contributed by atoms with E-state index in [1.165, 1.54) is 29.5 Å². The van der Waals surface area contributed by atoms with Crippen LogP contribution in [0.5, 0.6) is 0 Å².